The molecule has 1 unspecified atom stereocenters. The monoisotopic (exact) mass is 499 g/mol. The zero-order valence-corrected chi connectivity index (χ0v) is 21.9. The minimum absolute atomic E-state index is 0.0850. The van der Waals surface area contributed by atoms with Gasteiger partial charge in [0.1, 0.15) is 0 Å². The number of carbonyl (C=O) groups excluding carboxylic acids is 1. The molecule has 3 heterocycles. The number of likely N-dealkylation sites (N-methyl/N-ethyl adjacent to an activating group) is 1. The van der Waals surface area contributed by atoms with E-state index in [0.29, 0.717) is 19.5 Å². The fraction of sp³-hybridized carbons (Fsp3) is 0.538. The van der Waals surface area contributed by atoms with Crippen LogP contribution in [0.2, 0.25) is 0 Å². The van der Waals surface area contributed by atoms with E-state index in [1.165, 1.54) is 5.56 Å². The van der Waals surface area contributed by atoms with Gasteiger partial charge in [0, 0.05) is 50.5 Å². The maximum Gasteiger partial charge on any atom is 0.236 e. The van der Waals surface area contributed by atoms with Crippen LogP contribution in [0, 0.1) is 13.8 Å². The minimum Gasteiger partial charge on any atom is -0.339 e. The number of piperazine rings is 1. The Morgan fingerprint density at radius 2 is 1.86 bits per heavy atom. The first-order chi connectivity index (χ1) is 16.7. The smallest absolute Gasteiger partial charge is 0.236 e. The normalized spacial score (nSPS) is 20.8. The Labute approximate surface area is 209 Å². The molecule has 0 bridgehead atoms. The number of aryl methyl sites for hydroxylation is 1. The molecule has 0 aliphatic carbocycles. The summed E-state index contributed by atoms with van der Waals surface area (Å²) in [4.78, 5) is 19.3. The van der Waals surface area contributed by atoms with Gasteiger partial charge in [-0.2, -0.15) is 5.10 Å². The molecular weight excluding hydrogens is 462 g/mol. The average Bonchev–Trinajstić information content (AvgIpc) is 3.33. The van der Waals surface area contributed by atoms with E-state index < -0.39 is 9.84 Å². The first-order valence-electron chi connectivity index (χ1n) is 12.4. The van der Waals surface area contributed by atoms with Gasteiger partial charge >= 0.3 is 0 Å². The van der Waals surface area contributed by atoms with Crippen LogP contribution in [0.25, 0.3) is 6.08 Å². The highest BCUT2D eigenvalue weighted by Crippen LogP contribution is 2.27. The zero-order chi connectivity index (χ0) is 25.0. The summed E-state index contributed by atoms with van der Waals surface area (Å²) in [5, 5.41) is 4.65. The van der Waals surface area contributed by atoms with Gasteiger partial charge in [-0.3, -0.25) is 19.3 Å². The van der Waals surface area contributed by atoms with Gasteiger partial charge in [0.15, 0.2) is 9.84 Å². The lowest BCUT2D eigenvalue weighted by Gasteiger charge is -2.35. The van der Waals surface area contributed by atoms with Crippen molar-refractivity contribution in [1.82, 2.24) is 24.5 Å². The minimum atomic E-state index is -2.97. The van der Waals surface area contributed by atoms with Gasteiger partial charge in [0.25, 0.3) is 0 Å². The number of amides is 1. The van der Waals surface area contributed by atoms with Crippen LogP contribution < -0.4 is 0 Å². The molecule has 4 rings (SSSR count). The largest absolute Gasteiger partial charge is 0.339 e. The first-order valence-corrected chi connectivity index (χ1v) is 14.2. The predicted molar refractivity (Wildman–Crippen MR) is 139 cm³/mol. The van der Waals surface area contributed by atoms with Crippen LogP contribution in [-0.2, 0) is 21.2 Å². The summed E-state index contributed by atoms with van der Waals surface area (Å²) >= 11 is 0. The highest BCUT2D eigenvalue weighted by atomic mass is 32.2. The number of aromatic nitrogens is 2. The molecule has 8 nitrogen and oxygen atoms in total. The number of nitrogens with zero attached hydrogens (tertiary/aromatic N) is 5. The van der Waals surface area contributed by atoms with E-state index in [-0.39, 0.29) is 23.5 Å². The number of carbonyl (C=O) groups is 1. The Balaban J connectivity index is 1.25. The maximum atomic E-state index is 12.9. The molecule has 2 aliphatic heterocycles. The quantitative estimate of drug-likeness (QED) is 0.554. The van der Waals surface area contributed by atoms with E-state index in [2.05, 4.69) is 34.3 Å². The predicted octanol–water partition coefficient (Wildman–Crippen LogP) is 2.15. The number of rotatable bonds is 8. The van der Waals surface area contributed by atoms with Crippen molar-refractivity contribution in [3.05, 3.63) is 58.9 Å². The maximum absolute atomic E-state index is 12.9. The molecule has 2 aliphatic rings. The van der Waals surface area contributed by atoms with Crippen molar-refractivity contribution in [2.75, 3.05) is 57.8 Å². The van der Waals surface area contributed by atoms with E-state index in [4.69, 9.17) is 0 Å². The van der Waals surface area contributed by atoms with Gasteiger partial charge in [-0.15, -0.1) is 0 Å². The van der Waals surface area contributed by atoms with Crippen molar-refractivity contribution in [1.29, 1.82) is 0 Å². The fourth-order valence-electron chi connectivity index (χ4n) is 4.99. The van der Waals surface area contributed by atoms with E-state index in [1.54, 1.807) is 0 Å². The second-order valence-corrected chi connectivity index (χ2v) is 12.0. The second kappa shape index (κ2) is 11.1. The number of hydrogen-bond acceptors (Lipinski definition) is 6. The molecule has 1 amide bonds. The Morgan fingerprint density at radius 1 is 1.14 bits per heavy atom. The average molecular weight is 500 g/mol. The van der Waals surface area contributed by atoms with Crippen molar-refractivity contribution in [2.24, 2.45) is 0 Å². The summed E-state index contributed by atoms with van der Waals surface area (Å²) in [7, 11) is -1.01. The van der Waals surface area contributed by atoms with Crippen molar-refractivity contribution in [3.8, 4) is 0 Å². The van der Waals surface area contributed by atoms with E-state index >= 15 is 0 Å². The van der Waals surface area contributed by atoms with E-state index in [0.717, 1.165) is 49.7 Å². The molecule has 190 valence electrons. The van der Waals surface area contributed by atoms with Gasteiger partial charge in [-0.25, -0.2) is 8.42 Å². The summed E-state index contributed by atoms with van der Waals surface area (Å²) in [6, 6.07) is 10.2. The van der Waals surface area contributed by atoms with Crippen molar-refractivity contribution < 1.29 is 13.2 Å². The lowest BCUT2D eigenvalue weighted by Crippen LogP contribution is -2.50. The molecule has 9 heteroatoms. The lowest BCUT2D eigenvalue weighted by molar-refractivity contribution is -0.133. The highest BCUT2D eigenvalue weighted by Gasteiger charge is 2.31. The van der Waals surface area contributed by atoms with Crippen LogP contribution in [0.3, 0.4) is 0 Å². The summed E-state index contributed by atoms with van der Waals surface area (Å²) in [5.41, 5.74) is 4.19. The van der Waals surface area contributed by atoms with Crippen LogP contribution in [0.5, 0.6) is 0 Å². The van der Waals surface area contributed by atoms with Gasteiger partial charge in [0.2, 0.25) is 5.91 Å². The van der Waals surface area contributed by atoms with Crippen molar-refractivity contribution in [2.45, 2.75) is 32.9 Å². The van der Waals surface area contributed by atoms with E-state index in [1.807, 2.05) is 53.6 Å². The Hall–Kier alpha value is -2.49. The number of benzene rings is 1. The summed E-state index contributed by atoms with van der Waals surface area (Å²) < 4.78 is 25.7. The Morgan fingerprint density at radius 3 is 2.51 bits per heavy atom. The van der Waals surface area contributed by atoms with Crippen molar-refractivity contribution >= 4 is 21.8 Å². The van der Waals surface area contributed by atoms with Crippen LogP contribution in [0.1, 0.15) is 35.0 Å². The molecule has 1 atom stereocenters. The summed E-state index contributed by atoms with van der Waals surface area (Å²) in [6.07, 6.45) is 4.95. The second-order valence-electron chi connectivity index (χ2n) is 9.82. The first kappa shape index (κ1) is 25.6. The molecule has 0 saturated carbocycles. The lowest BCUT2D eigenvalue weighted by atomic mass is 10.1. The molecular formula is C26H37N5O3S. The van der Waals surface area contributed by atoms with Crippen molar-refractivity contribution in [3.63, 3.8) is 0 Å². The topological polar surface area (TPSA) is 78.8 Å². The molecule has 0 radical (unpaired) electrons. The van der Waals surface area contributed by atoms with Gasteiger partial charge in [-0.05, 0) is 32.9 Å². The van der Waals surface area contributed by atoms with Crippen LogP contribution in [0.15, 0.2) is 36.4 Å². The molecule has 1 aromatic heterocycles. The van der Waals surface area contributed by atoms with Crippen LogP contribution >= 0.6 is 0 Å². The molecule has 0 N–H and O–H groups in total. The highest BCUT2D eigenvalue weighted by molar-refractivity contribution is 7.91. The number of hydrogen-bond donors (Lipinski definition) is 0. The van der Waals surface area contributed by atoms with Crippen LogP contribution in [0.4, 0.5) is 0 Å². The SMILES string of the molecule is Cc1nn(C2CCS(=O)(=O)C2)c(C)c1CN(C)CC(=O)N1CCN(CC=Cc2ccccc2)CC1. The van der Waals surface area contributed by atoms with Gasteiger partial charge in [0.05, 0.1) is 29.8 Å². The Kier molecular flexibility index (Phi) is 8.09. The third-order valence-corrected chi connectivity index (χ3v) is 8.81. The molecule has 2 fully saturated rings. The number of sulfone groups is 1. The Bertz CT molecular complexity index is 1150. The standard InChI is InChI=1S/C26H37N5O3S/c1-21-25(22(2)31(27-21)24-11-17-35(33,34)20-24)18-28(3)19-26(32)30-15-13-29(14-16-30)12-7-10-23-8-5-4-6-9-23/h4-10,24H,11-20H2,1-3H3. The molecule has 2 aromatic rings. The third-order valence-electron chi connectivity index (χ3n) is 7.06. The molecule has 35 heavy (non-hydrogen) atoms. The summed E-state index contributed by atoms with van der Waals surface area (Å²) in [5.74, 6) is 0.546. The van der Waals surface area contributed by atoms with Crippen LogP contribution in [-0.4, -0.2) is 96.6 Å². The third kappa shape index (κ3) is 6.59. The van der Waals surface area contributed by atoms with E-state index in [9.17, 15) is 13.2 Å². The fourth-order valence-corrected chi connectivity index (χ4v) is 6.68. The van der Waals surface area contributed by atoms with Gasteiger partial charge < -0.3 is 4.90 Å². The summed E-state index contributed by atoms with van der Waals surface area (Å²) in [6.45, 7) is 9.08. The molecule has 0 spiro atoms. The zero-order valence-electron chi connectivity index (χ0n) is 21.1. The molecule has 2 saturated heterocycles. The van der Waals surface area contributed by atoms with Gasteiger partial charge in [-0.1, -0.05) is 42.5 Å². The molecule has 1 aromatic carbocycles.